The number of imide groups is 1. The minimum absolute atomic E-state index is 0.252. The van der Waals surface area contributed by atoms with Crippen LogP contribution >= 0.6 is 0 Å². The molecule has 0 saturated carbocycles. The van der Waals surface area contributed by atoms with Crippen molar-refractivity contribution >= 4 is 32.7 Å². The SMILES string of the molecule is CS(=O)(=O)NCCc1ccc2[nH]cc(CCN3C(=O)c4ccccc4C3=O)c2c1. The number of nitrogens with one attached hydrogen (secondary N) is 2. The molecule has 2 heterocycles. The highest BCUT2D eigenvalue weighted by Gasteiger charge is 2.34. The molecule has 1 aliphatic heterocycles. The molecule has 3 aromatic rings. The maximum absolute atomic E-state index is 12.5. The van der Waals surface area contributed by atoms with Crippen molar-refractivity contribution in [3.63, 3.8) is 0 Å². The number of fused-ring (bicyclic) bond motifs is 2. The van der Waals surface area contributed by atoms with Gasteiger partial charge in [0.1, 0.15) is 0 Å². The van der Waals surface area contributed by atoms with Crippen molar-refractivity contribution in [1.82, 2.24) is 14.6 Å². The summed E-state index contributed by atoms with van der Waals surface area (Å²) >= 11 is 0. The minimum Gasteiger partial charge on any atom is -0.361 e. The highest BCUT2D eigenvalue weighted by molar-refractivity contribution is 7.88. The molecule has 150 valence electrons. The Morgan fingerprint density at radius 2 is 1.69 bits per heavy atom. The summed E-state index contributed by atoms with van der Waals surface area (Å²) < 4.78 is 24.9. The molecule has 0 radical (unpaired) electrons. The van der Waals surface area contributed by atoms with Gasteiger partial charge in [-0.05, 0) is 48.2 Å². The Hall–Kier alpha value is -2.97. The van der Waals surface area contributed by atoms with Crippen LogP contribution in [0, 0.1) is 0 Å². The quantitative estimate of drug-likeness (QED) is 0.582. The highest BCUT2D eigenvalue weighted by atomic mass is 32.2. The predicted octanol–water partition coefficient (Wildman–Crippen LogP) is 2.10. The van der Waals surface area contributed by atoms with E-state index in [0.717, 1.165) is 28.3 Å². The van der Waals surface area contributed by atoms with Gasteiger partial charge in [0.05, 0.1) is 17.4 Å². The molecule has 2 amide bonds. The molecule has 0 saturated heterocycles. The van der Waals surface area contributed by atoms with Gasteiger partial charge in [-0.15, -0.1) is 0 Å². The summed E-state index contributed by atoms with van der Waals surface area (Å²) in [5, 5.41) is 1.01. The van der Waals surface area contributed by atoms with Crippen LogP contribution in [0.5, 0.6) is 0 Å². The topological polar surface area (TPSA) is 99.3 Å². The molecule has 0 fully saturated rings. The molecule has 0 spiro atoms. The first-order valence-corrected chi connectivity index (χ1v) is 11.2. The average molecular weight is 411 g/mol. The van der Waals surface area contributed by atoms with E-state index in [4.69, 9.17) is 0 Å². The van der Waals surface area contributed by atoms with Gasteiger partial charge in [0.2, 0.25) is 10.0 Å². The normalized spacial score (nSPS) is 14.0. The third kappa shape index (κ3) is 3.94. The largest absolute Gasteiger partial charge is 0.361 e. The van der Waals surface area contributed by atoms with Gasteiger partial charge < -0.3 is 4.98 Å². The first kappa shape index (κ1) is 19.4. The molecule has 8 heteroatoms. The Bertz CT molecular complexity index is 1180. The highest BCUT2D eigenvalue weighted by Crippen LogP contribution is 2.25. The van der Waals surface area contributed by atoms with Crippen molar-refractivity contribution in [3.05, 3.63) is 70.9 Å². The number of sulfonamides is 1. The lowest BCUT2D eigenvalue weighted by atomic mass is 10.1. The summed E-state index contributed by atoms with van der Waals surface area (Å²) in [7, 11) is -3.21. The summed E-state index contributed by atoms with van der Waals surface area (Å²) in [6, 6.07) is 12.8. The number of benzene rings is 2. The van der Waals surface area contributed by atoms with Crippen molar-refractivity contribution in [2.24, 2.45) is 0 Å². The lowest BCUT2D eigenvalue weighted by molar-refractivity contribution is 0.0656. The van der Waals surface area contributed by atoms with Gasteiger partial charge in [0, 0.05) is 30.2 Å². The van der Waals surface area contributed by atoms with Gasteiger partial charge in [-0.3, -0.25) is 14.5 Å². The molecule has 2 N–H and O–H groups in total. The fourth-order valence-electron chi connectivity index (χ4n) is 3.64. The fraction of sp³-hybridized carbons (Fsp3) is 0.238. The molecular weight excluding hydrogens is 390 g/mol. The second kappa shape index (κ2) is 7.46. The van der Waals surface area contributed by atoms with Crippen LogP contribution in [-0.2, 0) is 22.9 Å². The fourth-order valence-corrected chi connectivity index (χ4v) is 4.12. The van der Waals surface area contributed by atoms with Crippen LogP contribution < -0.4 is 4.72 Å². The third-order valence-corrected chi connectivity index (χ3v) is 5.82. The number of hydrogen-bond donors (Lipinski definition) is 2. The monoisotopic (exact) mass is 411 g/mol. The Balaban J connectivity index is 1.48. The van der Waals surface area contributed by atoms with Crippen LogP contribution in [0.3, 0.4) is 0 Å². The Labute approximate surface area is 168 Å². The number of rotatable bonds is 7. The smallest absolute Gasteiger partial charge is 0.261 e. The maximum atomic E-state index is 12.5. The first-order chi connectivity index (χ1) is 13.8. The Morgan fingerprint density at radius 3 is 2.34 bits per heavy atom. The number of nitrogens with zero attached hydrogens (tertiary/aromatic N) is 1. The van der Waals surface area contributed by atoms with Gasteiger partial charge in [-0.2, -0.15) is 0 Å². The molecule has 0 atom stereocenters. The Kier molecular flexibility index (Phi) is 4.97. The number of hydrogen-bond acceptors (Lipinski definition) is 4. The zero-order valence-electron chi connectivity index (χ0n) is 15.9. The predicted molar refractivity (Wildman–Crippen MR) is 110 cm³/mol. The van der Waals surface area contributed by atoms with E-state index in [2.05, 4.69) is 9.71 Å². The van der Waals surface area contributed by atoms with Crippen LogP contribution in [0.2, 0.25) is 0 Å². The zero-order valence-corrected chi connectivity index (χ0v) is 16.8. The summed E-state index contributed by atoms with van der Waals surface area (Å²) in [5.74, 6) is -0.504. The van der Waals surface area contributed by atoms with Gasteiger partial charge in [-0.1, -0.05) is 18.2 Å². The summed E-state index contributed by atoms with van der Waals surface area (Å²) in [4.78, 5) is 29.6. The lowest BCUT2D eigenvalue weighted by Gasteiger charge is -2.13. The summed E-state index contributed by atoms with van der Waals surface area (Å²) in [6.07, 6.45) is 4.14. The molecule has 0 unspecified atom stereocenters. The molecule has 0 bridgehead atoms. The van der Waals surface area contributed by atoms with Crippen LogP contribution in [0.15, 0.2) is 48.7 Å². The summed E-state index contributed by atoms with van der Waals surface area (Å²) in [5.41, 5.74) is 3.89. The molecular formula is C21H21N3O4S. The number of carbonyl (C=O) groups excluding carboxylic acids is 2. The first-order valence-electron chi connectivity index (χ1n) is 9.32. The molecule has 7 nitrogen and oxygen atoms in total. The molecule has 0 aliphatic carbocycles. The number of aromatic amines is 1. The number of aromatic nitrogens is 1. The number of carbonyl (C=O) groups is 2. The van der Waals surface area contributed by atoms with E-state index in [1.807, 2.05) is 24.4 Å². The van der Waals surface area contributed by atoms with E-state index in [0.29, 0.717) is 37.1 Å². The van der Waals surface area contributed by atoms with E-state index in [9.17, 15) is 18.0 Å². The van der Waals surface area contributed by atoms with Gasteiger partial charge in [-0.25, -0.2) is 13.1 Å². The summed E-state index contributed by atoms with van der Waals surface area (Å²) in [6.45, 7) is 0.637. The zero-order chi connectivity index (χ0) is 20.6. The van der Waals surface area contributed by atoms with Gasteiger partial charge >= 0.3 is 0 Å². The van der Waals surface area contributed by atoms with E-state index < -0.39 is 10.0 Å². The van der Waals surface area contributed by atoms with E-state index in [1.54, 1.807) is 24.3 Å². The third-order valence-electron chi connectivity index (χ3n) is 5.09. The van der Waals surface area contributed by atoms with Crippen LogP contribution in [0.25, 0.3) is 10.9 Å². The number of H-pyrrole nitrogens is 1. The lowest BCUT2D eigenvalue weighted by Crippen LogP contribution is -2.31. The second-order valence-electron chi connectivity index (χ2n) is 7.17. The van der Waals surface area contributed by atoms with Gasteiger partial charge in [0.25, 0.3) is 11.8 Å². The molecule has 2 aromatic carbocycles. The maximum Gasteiger partial charge on any atom is 0.261 e. The van der Waals surface area contributed by atoms with E-state index in [-0.39, 0.29) is 11.8 Å². The molecule has 1 aromatic heterocycles. The number of amides is 2. The van der Waals surface area contributed by atoms with Crippen molar-refractivity contribution in [3.8, 4) is 0 Å². The van der Waals surface area contributed by atoms with E-state index in [1.165, 1.54) is 4.90 Å². The standard InChI is InChI=1S/C21H21N3O4S/c1-29(27,28)23-10-8-14-6-7-19-18(12-14)15(13-22-19)9-11-24-20(25)16-4-2-3-5-17(16)21(24)26/h2-7,12-13,22-23H,8-11H2,1H3. The van der Waals surface area contributed by atoms with Gasteiger partial charge in [0.15, 0.2) is 0 Å². The molecule has 29 heavy (non-hydrogen) atoms. The van der Waals surface area contributed by atoms with Crippen molar-refractivity contribution in [2.45, 2.75) is 12.8 Å². The molecule has 4 rings (SSSR count). The average Bonchev–Trinajstić information content (AvgIpc) is 3.19. The van der Waals surface area contributed by atoms with Crippen molar-refractivity contribution in [2.75, 3.05) is 19.3 Å². The van der Waals surface area contributed by atoms with Crippen LogP contribution in [0.4, 0.5) is 0 Å². The van der Waals surface area contributed by atoms with Crippen molar-refractivity contribution < 1.29 is 18.0 Å². The molecule has 1 aliphatic rings. The minimum atomic E-state index is -3.21. The second-order valence-corrected chi connectivity index (χ2v) is 9.00. The van der Waals surface area contributed by atoms with E-state index >= 15 is 0 Å². The van der Waals surface area contributed by atoms with Crippen molar-refractivity contribution in [1.29, 1.82) is 0 Å². The van der Waals surface area contributed by atoms with Crippen LogP contribution in [0.1, 0.15) is 31.8 Å². The van der Waals surface area contributed by atoms with Crippen LogP contribution in [-0.4, -0.2) is 49.5 Å². The Morgan fingerprint density at radius 1 is 1.00 bits per heavy atom.